The fourth-order valence-corrected chi connectivity index (χ4v) is 2.17. The van der Waals surface area contributed by atoms with Crippen molar-refractivity contribution in [2.75, 3.05) is 6.54 Å². The molecule has 1 N–H and O–H groups in total. The summed E-state index contributed by atoms with van der Waals surface area (Å²) in [7, 11) is 0. The van der Waals surface area contributed by atoms with E-state index in [1.165, 1.54) is 0 Å². The molecule has 0 aliphatic carbocycles. The highest BCUT2D eigenvalue weighted by molar-refractivity contribution is 7.09. The summed E-state index contributed by atoms with van der Waals surface area (Å²) in [6.07, 6.45) is 1.84. The Morgan fingerprint density at radius 3 is 2.94 bits per heavy atom. The van der Waals surface area contributed by atoms with Crippen molar-refractivity contribution >= 4 is 11.3 Å². The molecule has 1 heterocycles. The van der Waals surface area contributed by atoms with Crippen LogP contribution in [0.3, 0.4) is 0 Å². The number of nitrogens with zero attached hydrogens (tertiary/aromatic N) is 1. The van der Waals surface area contributed by atoms with E-state index in [4.69, 9.17) is 4.74 Å². The van der Waals surface area contributed by atoms with Gasteiger partial charge in [-0.25, -0.2) is 4.98 Å². The Morgan fingerprint density at radius 1 is 1.33 bits per heavy atom. The van der Waals surface area contributed by atoms with Crippen molar-refractivity contribution in [3.05, 3.63) is 59.1 Å². The van der Waals surface area contributed by atoms with Crippen LogP contribution >= 0.6 is 11.3 Å². The summed E-state index contributed by atoms with van der Waals surface area (Å²) in [6.45, 7) is 5.75. The molecule has 0 fully saturated rings. The van der Waals surface area contributed by atoms with Gasteiger partial charge in [0.2, 0.25) is 0 Å². The maximum absolute atomic E-state index is 5.64. The topological polar surface area (TPSA) is 34.1 Å². The number of thiazole rings is 1. The Bertz CT molecular complexity index is 482. The second-order valence-corrected chi connectivity index (χ2v) is 4.70. The number of hydrogen-bond acceptors (Lipinski definition) is 4. The summed E-state index contributed by atoms with van der Waals surface area (Å²) in [5, 5.41) is 6.27. The van der Waals surface area contributed by atoms with Crippen LogP contribution in [0.2, 0.25) is 0 Å². The zero-order valence-corrected chi connectivity index (χ0v) is 11.0. The van der Waals surface area contributed by atoms with Gasteiger partial charge >= 0.3 is 0 Å². The first-order valence-electron chi connectivity index (χ1n) is 5.81. The summed E-state index contributed by atoms with van der Waals surface area (Å²) >= 11 is 1.62. The third-order valence-electron chi connectivity index (χ3n) is 2.30. The number of benzene rings is 1. The SMILES string of the molecule is C=CCNCc1csc(COc2ccccc2)n1. The minimum atomic E-state index is 0.524. The molecule has 4 heteroatoms. The molecular weight excluding hydrogens is 244 g/mol. The van der Waals surface area contributed by atoms with E-state index in [2.05, 4.69) is 22.3 Å². The Kier molecular flexibility index (Phi) is 4.93. The van der Waals surface area contributed by atoms with Crippen molar-refractivity contribution in [3.63, 3.8) is 0 Å². The van der Waals surface area contributed by atoms with E-state index >= 15 is 0 Å². The fourth-order valence-electron chi connectivity index (χ4n) is 1.46. The molecule has 0 bridgehead atoms. The van der Waals surface area contributed by atoms with E-state index in [0.29, 0.717) is 6.61 Å². The standard InChI is InChI=1S/C14H16N2OS/c1-2-8-15-9-12-11-18-14(16-12)10-17-13-6-4-3-5-7-13/h2-7,11,15H,1,8-10H2. The van der Waals surface area contributed by atoms with Gasteiger partial charge < -0.3 is 10.1 Å². The second kappa shape index (κ2) is 6.93. The van der Waals surface area contributed by atoms with Gasteiger partial charge in [0.25, 0.3) is 0 Å². The smallest absolute Gasteiger partial charge is 0.140 e. The van der Waals surface area contributed by atoms with Gasteiger partial charge in [-0.05, 0) is 12.1 Å². The highest BCUT2D eigenvalue weighted by atomic mass is 32.1. The first-order chi connectivity index (χ1) is 8.88. The lowest BCUT2D eigenvalue weighted by molar-refractivity contribution is 0.305. The van der Waals surface area contributed by atoms with Gasteiger partial charge in [-0.2, -0.15) is 0 Å². The van der Waals surface area contributed by atoms with Crippen LogP contribution in [0.1, 0.15) is 10.7 Å². The van der Waals surface area contributed by atoms with Crippen LogP contribution in [0.4, 0.5) is 0 Å². The molecule has 94 valence electrons. The zero-order chi connectivity index (χ0) is 12.6. The molecule has 0 saturated heterocycles. The molecule has 0 saturated carbocycles. The van der Waals surface area contributed by atoms with Crippen molar-refractivity contribution in [2.24, 2.45) is 0 Å². The maximum Gasteiger partial charge on any atom is 0.140 e. The second-order valence-electron chi connectivity index (χ2n) is 3.75. The van der Waals surface area contributed by atoms with Gasteiger partial charge in [-0.1, -0.05) is 24.3 Å². The molecule has 2 rings (SSSR count). The predicted molar refractivity (Wildman–Crippen MR) is 74.8 cm³/mol. The van der Waals surface area contributed by atoms with Crippen LogP contribution < -0.4 is 10.1 Å². The molecule has 0 radical (unpaired) electrons. The van der Waals surface area contributed by atoms with Crippen molar-refractivity contribution in [1.82, 2.24) is 10.3 Å². The lowest BCUT2D eigenvalue weighted by atomic mass is 10.3. The minimum absolute atomic E-state index is 0.524. The zero-order valence-electron chi connectivity index (χ0n) is 10.1. The molecule has 0 unspecified atom stereocenters. The molecule has 3 nitrogen and oxygen atoms in total. The van der Waals surface area contributed by atoms with Crippen LogP contribution in [0, 0.1) is 0 Å². The van der Waals surface area contributed by atoms with E-state index in [1.54, 1.807) is 11.3 Å². The molecule has 0 aliphatic rings. The minimum Gasteiger partial charge on any atom is -0.486 e. The normalized spacial score (nSPS) is 10.2. The Morgan fingerprint density at radius 2 is 2.17 bits per heavy atom. The fraction of sp³-hybridized carbons (Fsp3) is 0.214. The largest absolute Gasteiger partial charge is 0.486 e. The molecule has 18 heavy (non-hydrogen) atoms. The van der Waals surface area contributed by atoms with Gasteiger partial charge in [-0.15, -0.1) is 17.9 Å². The monoisotopic (exact) mass is 260 g/mol. The number of hydrogen-bond donors (Lipinski definition) is 1. The summed E-state index contributed by atoms with van der Waals surface area (Å²) in [5.41, 5.74) is 1.05. The highest BCUT2D eigenvalue weighted by Crippen LogP contribution is 2.14. The van der Waals surface area contributed by atoms with Crippen molar-refractivity contribution in [1.29, 1.82) is 0 Å². The van der Waals surface area contributed by atoms with Crippen LogP contribution in [-0.4, -0.2) is 11.5 Å². The average molecular weight is 260 g/mol. The van der Waals surface area contributed by atoms with E-state index in [0.717, 1.165) is 29.5 Å². The Balaban J connectivity index is 1.81. The summed E-state index contributed by atoms with van der Waals surface area (Å²) in [5.74, 6) is 0.874. The molecule has 2 aromatic rings. The van der Waals surface area contributed by atoms with Crippen molar-refractivity contribution in [2.45, 2.75) is 13.2 Å². The maximum atomic E-state index is 5.64. The van der Waals surface area contributed by atoms with Crippen LogP contribution in [0.15, 0.2) is 48.4 Å². The third-order valence-corrected chi connectivity index (χ3v) is 3.17. The van der Waals surface area contributed by atoms with Gasteiger partial charge in [0.05, 0.1) is 5.69 Å². The first kappa shape index (κ1) is 12.8. The molecule has 0 atom stereocenters. The first-order valence-corrected chi connectivity index (χ1v) is 6.69. The van der Waals surface area contributed by atoms with Crippen molar-refractivity contribution < 1.29 is 4.74 Å². The van der Waals surface area contributed by atoms with Crippen molar-refractivity contribution in [3.8, 4) is 5.75 Å². The number of ether oxygens (including phenoxy) is 1. The van der Waals surface area contributed by atoms with E-state index in [9.17, 15) is 0 Å². The summed E-state index contributed by atoms with van der Waals surface area (Å²) < 4.78 is 5.64. The van der Waals surface area contributed by atoms with Gasteiger partial charge in [0, 0.05) is 18.5 Å². The van der Waals surface area contributed by atoms with Gasteiger partial charge in [0.15, 0.2) is 0 Å². The highest BCUT2D eigenvalue weighted by Gasteiger charge is 2.02. The average Bonchev–Trinajstić information content (AvgIpc) is 2.86. The number of nitrogens with one attached hydrogen (secondary N) is 1. The molecule has 0 amide bonds. The third kappa shape index (κ3) is 3.98. The van der Waals surface area contributed by atoms with Crippen LogP contribution in [0.25, 0.3) is 0 Å². The summed E-state index contributed by atoms with van der Waals surface area (Å²) in [4.78, 5) is 4.49. The van der Waals surface area contributed by atoms with Gasteiger partial charge in [-0.3, -0.25) is 0 Å². The van der Waals surface area contributed by atoms with E-state index in [1.807, 2.05) is 36.4 Å². The van der Waals surface area contributed by atoms with E-state index < -0.39 is 0 Å². The molecule has 1 aromatic carbocycles. The predicted octanol–water partition coefficient (Wildman–Crippen LogP) is 3.00. The molecule has 0 aliphatic heterocycles. The van der Waals surface area contributed by atoms with Crippen LogP contribution in [-0.2, 0) is 13.2 Å². The lowest BCUT2D eigenvalue weighted by Gasteiger charge is -2.02. The summed E-state index contributed by atoms with van der Waals surface area (Å²) in [6, 6.07) is 9.78. The van der Waals surface area contributed by atoms with Crippen LogP contribution in [0.5, 0.6) is 5.75 Å². The molecular formula is C14H16N2OS. The number of para-hydroxylation sites is 1. The number of aromatic nitrogens is 1. The lowest BCUT2D eigenvalue weighted by Crippen LogP contribution is -2.12. The van der Waals surface area contributed by atoms with E-state index in [-0.39, 0.29) is 0 Å². The molecule has 1 aromatic heterocycles. The Labute approximate surface area is 111 Å². The quantitative estimate of drug-likeness (QED) is 0.614. The molecule has 0 spiro atoms. The Hall–Kier alpha value is -1.65. The number of rotatable bonds is 7. The van der Waals surface area contributed by atoms with Gasteiger partial charge in [0.1, 0.15) is 17.4 Å².